The van der Waals surface area contributed by atoms with Crippen LogP contribution in [0.15, 0.2) is 64.5 Å². The Morgan fingerprint density at radius 2 is 2.11 bits per heavy atom. The van der Waals surface area contributed by atoms with Crippen LogP contribution in [0.5, 0.6) is 5.75 Å². The first-order chi connectivity index (χ1) is 13.7. The van der Waals surface area contributed by atoms with Gasteiger partial charge in [-0.2, -0.15) is 0 Å². The number of thiophene rings is 1. The molecule has 0 aliphatic carbocycles. The lowest BCUT2D eigenvalue weighted by Gasteiger charge is -2.13. The van der Waals surface area contributed by atoms with Gasteiger partial charge < -0.3 is 19.7 Å². The molecular formula is C21H19FN2O3S. The maximum absolute atomic E-state index is 13.3. The Hall–Kier alpha value is -2.74. The number of fused-ring (bicyclic) bond motifs is 1. The third-order valence-electron chi connectivity index (χ3n) is 4.24. The smallest absolute Gasteiger partial charge is 0.170 e. The fraction of sp³-hybridized carbons (Fsp3) is 0.190. The topological polar surface area (TPSA) is 67.5 Å². The molecule has 0 bridgehead atoms. The van der Waals surface area contributed by atoms with Crippen molar-refractivity contribution < 1.29 is 18.8 Å². The van der Waals surface area contributed by atoms with Crippen molar-refractivity contribution in [1.82, 2.24) is 10.5 Å². The second-order valence-corrected chi connectivity index (χ2v) is 7.41. The van der Waals surface area contributed by atoms with E-state index < -0.39 is 6.10 Å². The number of hydrogen-bond donors (Lipinski definition) is 2. The molecule has 0 aliphatic rings. The summed E-state index contributed by atoms with van der Waals surface area (Å²) in [5.41, 5.74) is 1.82. The Labute approximate surface area is 165 Å². The number of benzene rings is 2. The van der Waals surface area contributed by atoms with Crippen molar-refractivity contribution in [3.8, 4) is 17.0 Å². The summed E-state index contributed by atoms with van der Waals surface area (Å²) >= 11 is 1.68. The van der Waals surface area contributed by atoms with Gasteiger partial charge in [0.15, 0.2) is 5.58 Å². The molecule has 0 saturated heterocycles. The molecule has 28 heavy (non-hydrogen) atoms. The first kappa shape index (κ1) is 18.6. The van der Waals surface area contributed by atoms with Gasteiger partial charge in [0.05, 0.1) is 0 Å². The van der Waals surface area contributed by atoms with E-state index in [0.29, 0.717) is 23.6 Å². The van der Waals surface area contributed by atoms with Crippen LogP contribution in [0.3, 0.4) is 0 Å². The Morgan fingerprint density at radius 3 is 2.96 bits per heavy atom. The van der Waals surface area contributed by atoms with E-state index in [9.17, 15) is 9.50 Å². The molecule has 4 aromatic rings. The second kappa shape index (κ2) is 8.52. The van der Waals surface area contributed by atoms with E-state index in [1.54, 1.807) is 17.4 Å². The minimum atomic E-state index is -0.625. The van der Waals surface area contributed by atoms with Crippen LogP contribution in [0.2, 0.25) is 0 Å². The Morgan fingerprint density at radius 1 is 1.18 bits per heavy atom. The minimum Gasteiger partial charge on any atom is -0.491 e. The third-order valence-corrected chi connectivity index (χ3v) is 5.12. The van der Waals surface area contributed by atoms with Gasteiger partial charge in [-0.3, -0.25) is 0 Å². The zero-order valence-corrected chi connectivity index (χ0v) is 15.8. The van der Waals surface area contributed by atoms with Crippen LogP contribution >= 0.6 is 11.3 Å². The summed E-state index contributed by atoms with van der Waals surface area (Å²) in [5, 5.41) is 20.1. The number of aliphatic hydroxyl groups excluding tert-OH is 1. The third kappa shape index (κ3) is 4.39. The predicted molar refractivity (Wildman–Crippen MR) is 107 cm³/mol. The SMILES string of the molecule is OC(CNCc1cccs1)COc1cccc(-c2noc3cc(F)ccc23)c1. The van der Waals surface area contributed by atoms with Gasteiger partial charge in [-0.1, -0.05) is 23.4 Å². The molecule has 7 heteroatoms. The van der Waals surface area contributed by atoms with Crippen LogP contribution in [-0.2, 0) is 6.54 Å². The number of ether oxygens (including phenoxy) is 1. The summed E-state index contributed by atoms with van der Waals surface area (Å²) in [6.07, 6.45) is -0.625. The van der Waals surface area contributed by atoms with E-state index >= 15 is 0 Å². The lowest BCUT2D eigenvalue weighted by Crippen LogP contribution is -2.30. The van der Waals surface area contributed by atoms with Crippen molar-refractivity contribution in [1.29, 1.82) is 0 Å². The molecule has 0 saturated carbocycles. The molecule has 1 unspecified atom stereocenters. The van der Waals surface area contributed by atoms with Gasteiger partial charge in [0.25, 0.3) is 0 Å². The highest BCUT2D eigenvalue weighted by Gasteiger charge is 2.12. The van der Waals surface area contributed by atoms with Crippen LogP contribution in [0.25, 0.3) is 22.2 Å². The van der Waals surface area contributed by atoms with Gasteiger partial charge in [-0.05, 0) is 35.7 Å². The molecule has 2 aromatic heterocycles. The molecule has 5 nitrogen and oxygen atoms in total. The van der Waals surface area contributed by atoms with Gasteiger partial charge in [0.2, 0.25) is 0 Å². The minimum absolute atomic E-state index is 0.172. The summed E-state index contributed by atoms with van der Waals surface area (Å²) in [6.45, 7) is 1.34. The van der Waals surface area contributed by atoms with E-state index in [-0.39, 0.29) is 12.4 Å². The van der Waals surface area contributed by atoms with Gasteiger partial charge in [-0.25, -0.2) is 4.39 Å². The number of nitrogens with zero attached hydrogens (tertiary/aromatic N) is 1. The first-order valence-corrected chi connectivity index (χ1v) is 9.76. The van der Waals surface area contributed by atoms with Crippen molar-refractivity contribution in [2.24, 2.45) is 0 Å². The van der Waals surface area contributed by atoms with Crippen LogP contribution < -0.4 is 10.1 Å². The highest BCUT2D eigenvalue weighted by molar-refractivity contribution is 7.09. The van der Waals surface area contributed by atoms with Crippen LogP contribution in [0.1, 0.15) is 4.88 Å². The Kier molecular flexibility index (Phi) is 5.66. The average Bonchev–Trinajstić information content (AvgIpc) is 3.36. The van der Waals surface area contributed by atoms with E-state index in [0.717, 1.165) is 17.5 Å². The Balaban J connectivity index is 1.37. The first-order valence-electron chi connectivity index (χ1n) is 8.88. The number of halogens is 1. The molecule has 4 rings (SSSR count). The lowest BCUT2D eigenvalue weighted by molar-refractivity contribution is 0.106. The van der Waals surface area contributed by atoms with E-state index in [2.05, 4.69) is 10.5 Å². The van der Waals surface area contributed by atoms with Crippen molar-refractivity contribution in [3.63, 3.8) is 0 Å². The van der Waals surface area contributed by atoms with Crippen LogP contribution in [0.4, 0.5) is 4.39 Å². The molecule has 0 fully saturated rings. The standard InChI is InChI=1S/C21H19FN2O3S/c22-15-6-7-19-20(10-15)27-24-21(19)14-3-1-4-17(9-14)26-13-16(25)11-23-12-18-5-2-8-28-18/h1-10,16,23,25H,11-13H2. The number of rotatable bonds is 8. The van der Waals surface area contributed by atoms with Crippen molar-refractivity contribution in [2.45, 2.75) is 12.6 Å². The lowest BCUT2D eigenvalue weighted by atomic mass is 10.1. The maximum atomic E-state index is 13.3. The van der Waals surface area contributed by atoms with Gasteiger partial charge in [-0.15, -0.1) is 11.3 Å². The van der Waals surface area contributed by atoms with Gasteiger partial charge in [0.1, 0.15) is 30.0 Å². The van der Waals surface area contributed by atoms with E-state index in [1.807, 2.05) is 41.8 Å². The Bertz CT molecular complexity index is 1050. The average molecular weight is 398 g/mol. The largest absolute Gasteiger partial charge is 0.491 e. The zero-order chi connectivity index (χ0) is 19.3. The van der Waals surface area contributed by atoms with Gasteiger partial charge >= 0.3 is 0 Å². The molecule has 1 atom stereocenters. The molecule has 2 heterocycles. The molecule has 2 N–H and O–H groups in total. The molecule has 0 aliphatic heterocycles. The van der Waals surface area contributed by atoms with Crippen molar-refractivity contribution in [2.75, 3.05) is 13.2 Å². The summed E-state index contributed by atoms with van der Waals surface area (Å²) in [6, 6.07) is 15.8. The zero-order valence-electron chi connectivity index (χ0n) is 15.0. The van der Waals surface area contributed by atoms with Crippen LogP contribution in [-0.4, -0.2) is 29.5 Å². The molecule has 2 aromatic carbocycles. The number of aliphatic hydroxyl groups is 1. The summed E-state index contributed by atoms with van der Waals surface area (Å²) in [5.74, 6) is 0.252. The molecule has 0 amide bonds. The number of aromatic nitrogens is 1. The monoisotopic (exact) mass is 398 g/mol. The number of nitrogens with one attached hydrogen (secondary N) is 1. The maximum Gasteiger partial charge on any atom is 0.170 e. The van der Waals surface area contributed by atoms with Crippen molar-refractivity contribution >= 4 is 22.3 Å². The number of hydrogen-bond acceptors (Lipinski definition) is 6. The quantitative estimate of drug-likeness (QED) is 0.465. The highest BCUT2D eigenvalue weighted by Crippen LogP contribution is 2.30. The summed E-state index contributed by atoms with van der Waals surface area (Å²) in [4.78, 5) is 1.22. The van der Waals surface area contributed by atoms with E-state index in [1.165, 1.54) is 17.0 Å². The summed E-state index contributed by atoms with van der Waals surface area (Å²) < 4.78 is 24.3. The molecule has 0 spiro atoms. The molecule has 144 valence electrons. The van der Waals surface area contributed by atoms with E-state index in [4.69, 9.17) is 9.26 Å². The van der Waals surface area contributed by atoms with Crippen molar-refractivity contribution in [3.05, 3.63) is 70.7 Å². The molecule has 0 radical (unpaired) electrons. The second-order valence-electron chi connectivity index (χ2n) is 6.37. The van der Waals surface area contributed by atoms with Gasteiger partial charge in [0, 0.05) is 35.0 Å². The van der Waals surface area contributed by atoms with Crippen LogP contribution in [0, 0.1) is 5.82 Å². The fourth-order valence-electron chi connectivity index (χ4n) is 2.88. The summed E-state index contributed by atoms with van der Waals surface area (Å²) in [7, 11) is 0. The molecular weight excluding hydrogens is 379 g/mol. The highest BCUT2D eigenvalue weighted by atomic mass is 32.1. The fourth-order valence-corrected chi connectivity index (χ4v) is 3.55. The normalized spacial score (nSPS) is 12.4. The predicted octanol–water partition coefficient (Wildman–Crippen LogP) is 4.22.